The number of hydrogen-bond donors (Lipinski definition) is 3. The van der Waals surface area contributed by atoms with Gasteiger partial charge < -0.3 is 15.3 Å². The van der Waals surface area contributed by atoms with Crippen molar-refractivity contribution in [2.45, 2.75) is 64.6 Å². The SMILES string of the molecule is Cc1[nH]ncc1-c1ccc(-c2ccc(N(C)C3CC(C)(C)NC(C)(C)C3)nn2)c(O)c1. The molecule has 0 saturated carbocycles. The van der Waals surface area contributed by atoms with Crippen molar-refractivity contribution in [1.82, 2.24) is 25.7 Å². The number of nitrogens with zero attached hydrogens (tertiary/aromatic N) is 4. The van der Waals surface area contributed by atoms with E-state index in [2.05, 4.69) is 65.4 Å². The van der Waals surface area contributed by atoms with E-state index in [1.807, 2.05) is 31.2 Å². The number of aryl methyl sites for hydroxylation is 1. The van der Waals surface area contributed by atoms with Crippen LogP contribution < -0.4 is 10.2 Å². The summed E-state index contributed by atoms with van der Waals surface area (Å²) in [7, 11) is 2.09. The van der Waals surface area contributed by atoms with Crippen LogP contribution in [0, 0.1) is 6.92 Å². The van der Waals surface area contributed by atoms with Gasteiger partial charge in [-0.1, -0.05) is 6.07 Å². The molecule has 1 aliphatic rings. The van der Waals surface area contributed by atoms with Crippen molar-refractivity contribution in [3.8, 4) is 28.1 Å². The molecular weight excluding hydrogens is 388 g/mol. The van der Waals surface area contributed by atoms with Crippen LogP contribution in [0.3, 0.4) is 0 Å². The van der Waals surface area contributed by atoms with Crippen LogP contribution in [0.15, 0.2) is 36.5 Å². The average Bonchev–Trinajstić information content (AvgIpc) is 3.11. The smallest absolute Gasteiger partial charge is 0.151 e. The highest BCUT2D eigenvalue weighted by atomic mass is 16.3. The summed E-state index contributed by atoms with van der Waals surface area (Å²) in [6, 6.07) is 9.87. The molecule has 0 bridgehead atoms. The highest BCUT2D eigenvalue weighted by Crippen LogP contribution is 2.35. The van der Waals surface area contributed by atoms with E-state index in [1.54, 1.807) is 12.3 Å². The number of benzene rings is 1. The van der Waals surface area contributed by atoms with Gasteiger partial charge in [0.05, 0.1) is 11.9 Å². The normalized spacial score (nSPS) is 18.1. The molecule has 3 N–H and O–H groups in total. The predicted octanol–water partition coefficient (Wildman–Crippen LogP) is 4.29. The van der Waals surface area contributed by atoms with Crippen LogP contribution in [0.25, 0.3) is 22.4 Å². The van der Waals surface area contributed by atoms with Crippen molar-refractivity contribution >= 4 is 5.82 Å². The molecule has 1 fully saturated rings. The van der Waals surface area contributed by atoms with Crippen LogP contribution in [0.5, 0.6) is 5.75 Å². The Kier molecular flexibility index (Phi) is 5.25. The molecule has 0 amide bonds. The minimum atomic E-state index is 0.0644. The molecule has 7 heteroatoms. The minimum Gasteiger partial charge on any atom is -0.507 e. The lowest BCUT2D eigenvalue weighted by Crippen LogP contribution is -2.62. The highest BCUT2D eigenvalue weighted by Gasteiger charge is 2.39. The molecule has 0 aliphatic carbocycles. The second-order valence-corrected chi connectivity index (χ2v) is 9.98. The first-order valence-corrected chi connectivity index (χ1v) is 10.7. The first-order valence-electron chi connectivity index (χ1n) is 10.7. The number of rotatable bonds is 4. The van der Waals surface area contributed by atoms with Gasteiger partial charge >= 0.3 is 0 Å². The third-order valence-electron chi connectivity index (χ3n) is 6.14. The molecule has 1 aliphatic heterocycles. The summed E-state index contributed by atoms with van der Waals surface area (Å²) in [5.41, 5.74) is 4.28. The second-order valence-electron chi connectivity index (χ2n) is 9.98. The van der Waals surface area contributed by atoms with Crippen LogP contribution in [0.1, 0.15) is 46.2 Å². The van der Waals surface area contributed by atoms with Crippen LogP contribution in [0.2, 0.25) is 0 Å². The summed E-state index contributed by atoms with van der Waals surface area (Å²) in [5, 5.41) is 30.2. The lowest BCUT2D eigenvalue weighted by molar-refractivity contribution is 0.160. The number of piperidine rings is 1. The first kappa shape index (κ1) is 21.3. The zero-order valence-electron chi connectivity index (χ0n) is 19.2. The quantitative estimate of drug-likeness (QED) is 0.583. The summed E-state index contributed by atoms with van der Waals surface area (Å²) >= 11 is 0. The molecule has 1 aromatic carbocycles. The van der Waals surface area contributed by atoms with E-state index >= 15 is 0 Å². The molecule has 3 heterocycles. The Labute approximate surface area is 183 Å². The Morgan fingerprint density at radius 1 is 1.00 bits per heavy atom. The van der Waals surface area contributed by atoms with Crippen LogP contribution in [0.4, 0.5) is 5.82 Å². The number of phenols is 1. The summed E-state index contributed by atoms with van der Waals surface area (Å²) < 4.78 is 0. The van der Waals surface area contributed by atoms with Crippen molar-refractivity contribution in [2.75, 3.05) is 11.9 Å². The lowest BCUT2D eigenvalue weighted by Gasteiger charge is -2.49. The molecule has 0 unspecified atom stereocenters. The molecule has 4 rings (SSSR count). The molecule has 1 saturated heterocycles. The zero-order valence-corrected chi connectivity index (χ0v) is 19.2. The van der Waals surface area contributed by atoms with Gasteiger partial charge in [-0.2, -0.15) is 5.10 Å². The number of aromatic nitrogens is 4. The van der Waals surface area contributed by atoms with E-state index in [9.17, 15) is 5.11 Å². The minimum absolute atomic E-state index is 0.0644. The van der Waals surface area contributed by atoms with Gasteiger partial charge in [-0.3, -0.25) is 5.10 Å². The van der Waals surface area contributed by atoms with E-state index < -0.39 is 0 Å². The Bertz CT molecular complexity index is 1050. The average molecular weight is 421 g/mol. The molecule has 164 valence electrons. The second kappa shape index (κ2) is 7.64. The van der Waals surface area contributed by atoms with Gasteiger partial charge in [0, 0.05) is 41.0 Å². The number of H-pyrrole nitrogens is 1. The summed E-state index contributed by atoms with van der Waals surface area (Å²) in [4.78, 5) is 2.23. The molecule has 0 radical (unpaired) electrons. The monoisotopic (exact) mass is 420 g/mol. The fourth-order valence-electron chi connectivity index (χ4n) is 4.94. The van der Waals surface area contributed by atoms with Gasteiger partial charge in [0.15, 0.2) is 5.82 Å². The Hall–Kier alpha value is -2.93. The largest absolute Gasteiger partial charge is 0.507 e. The fourth-order valence-corrected chi connectivity index (χ4v) is 4.94. The Morgan fingerprint density at radius 2 is 1.71 bits per heavy atom. The molecule has 7 nitrogen and oxygen atoms in total. The van der Waals surface area contributed by atoms with E-state index in [4.69, 9.17) is 0 Å². The van der Waals surface area contributed by atoms with Crippen molar-refractivity contribution in [3.63, 3.8) is 0 Å². The van der Waals surface area contributed by atoms with E-state index in [1.165, 1.54) is 0 Å². The predicted molar refractivity (Wildman–Crippen MR) is 124 cm³/mol. The maximum Gasteiger partial charge on any atom is 0.151 e. The Balaban J connectivity index is 1.55. The number of hydrogen-bond acceptors (Lipinski definition) is 6. The Morgan fingerprint density at radius 3 is 2.26 bits per heavy atom. The molecule has 0 atom stereocenters. The van der Waals surface area contributed by atoms with Crippen molar-refractivity contribution in [1.29, 1.82) is 0 Å². The van der Waals surface area contributed by atoms with Gasteiger partial charge in [-0.05, 0) is 77.3 Å². The standard InChI is InChI=1S/C24H32N6O/c1-15-19(14-25-26-15)16-7-8-18(21(31)11-16)20-9-10-22(28-27-20)30(6)17-12-23(2,3)29-24(4,5)13-17/h7-11,14,17,29,31H,12-13H2,1-6H3,(H,25,26). The molecule has 3 aromatic rings. The zero-order chi connectivity index (χ0) is 22.4. The van der Waals surface area contributed by atoms with Gasteiger partial charge in [-0.25, -0.2) is 0 Å². The van der Waals surface area contributed by atoms with Crippen molar-refractivity contribution < 1.29 is 5.11 Å². The molecule has 0 spiro atoms. The number of phenolic OH excluding ortho intramolecular Hbond substituents is 1. The van der Waals surface area contributed by atoms with E-state index in [0.29, 0.717) is 17.3 Å². The summed E-state index contributed by atoms with van der Waals surface area (Å²) in [6.07, 6.45) is 3.83. The van der Waals surface area contributed by atoms with Gasteiger partial charge in [-0.15, -0.1) is 10.2 Å². The third kappa shape index (κ3) is 4.42. The first-order chi connectivity index (χ1) is 14.5. The summed E-state index contributed by atoms with van der Waals surface area (Å²) in [5.74, 6) is 1.02. The van der Waals surface area contributed by atoms with Gasteiger partial charge in [0.25, 0.3) is 0 Å². The molecule has 2 aromatic heterocycles. The van der Waals surface area contributed by atoms with Crippen LogP contribution >= 0.6 is 0 Å². The maximum atomic E-state index is 10.6. The number of aromatic amines is 1. The summed E-state index contributed by atoms with van der Waals surface area (Å²) in [6.45, 7) is 11.0. The van der Waals surface area contributed by atoms with E-state index in [-0.39, 0.29) is 16.8 Å². The topological polar surface area (TPSA) is 90.0 Å². The van der Waals surface area contributed by atoms with Gasteiger partial charge in [0.1, 0.15) is 5.75 Å². The third-order valence-corrected chi connectivity index (χ3v) is 6.14. The fraction of sp³-hybridized carbons (Fsp3) is 0.458. The van der Waals surface area contributed by atoms with Crippen LogP contribution in [-0.2, 0) is 0 Å². The molecule has 31 heavy (non-hydrogen) atoms. The number of aromatic hydroxyl groups is 1. The van der Waals surface area contributed by atoms with Gasteiger partial charge in [0.2, 0.25) is 0 Å². The van der Waals surface area contributed by atoms with Crippen molar-refractivity contribution in [3.05, 3.63) is 42.2 Å². The lowest BCUT2D eigenvalue weighted by atomic mass is 9.79. The van der Waals surface area contributed by atoms with Crippen molar-refractivity contribution in [2.24, 2.45) is 0 Å². The number of nitrogens with one attached hydrogen (secondary N) is 2. The maximum absolute atomic E-state index is 10.6. The van der Waals surface area contributed by atoms with E-state index in [0.717, 1.165) is 35.5 Å². The number of anilines is 1. The molecular formula is C24H32N6O. The highest BCUT2D eigenvalue weighted by molar-refractivity contribution is 5.75. The van der Waals surface area contributed by atoms with Crippen LogP contribution in [-0.4, -0.2) is 49.7 Å².